The zero-order valence-electron chi connectivity index (χ0n) is 18.5. The Morgan fingerprint density at radius 3 is 2.62 bits per heavy atom. The van der Waals surface area contributed by atoms with E-state index in [9.17, 15) is 9.90 Å². The van der Waals surface area contributed by atoms with Gasteiger partial charge in [0.25, 0.3) is 5.56 Å². The first kappa shape index (κ1) is 20.5. The molecule has 0 amide bonds. The molecule has 1 aliphatic carbocycles. The third-order valence-corrected chi connectivity index (χ3v) is 6.63. The number of hydrogen-bond donors (Lipinski definition) is 1. The second kappa shape index (κ2) is 7.94. The third kappa shape index (κ3) is 3.50. The Kier molecular flexibility index (Phi) is 5.09. The average molecular weight is 431 g/mol. The molecule has 1 aliphatic rings. The van der Waals surface area contributed by atoms with E-state index in [-0.39, 0.29) is 11.6 Å². The molecule has 0 spiro atoms. The Morgan fingerprint density at radius 1 is 1.12 bits per heavy atom. The largest absolute Gasteiger partial charge is 0.391 e. The molecule has 3 aromatic heterocycles. The smallest absolute Gasteiger partial charge is 0.261 e. The van der Waals surface area contributed by atoms with E-state index in [1.165, 1.54) is 0 Å². The van der Waals surface area contributed by atoms with Gasteiger partial charge in [0.1, 0.15) is 5.69 Å². The first-order valence-electron chi connectivity index (χ1n) is 10.9. The normalized spacial score (nSPS) is 18.5. The minimum atomic E-state index is -0.489. The lowest BCUT2D eigenvalue weighted by molar-refractivity contribution is 0.134. The molecule has 164 valence electrons. The highest BCUT2D eigenvalue weighted by atomic mass is 16.3. The maximum absolute atomic E-state index is 13.3. The molecule has 32 heavy (non-hydrogen) atoms. The Labute approximate surface area is 185 Å². The molecule has 0 saturated heterocycles. The number of rotatable bonds is 4. The van der Waals surface area contributed by atoms with Gasteiger partial charge < -0.3 is 5.11 Å². The van der Waals surface area contributed by atoms with Crippen molar-refractivity contribution < 1.29 is 5.11 Å². The molecule has 1 aromatic carbocycles. The van der Waals surface area contributed by atoms with Crippen molar-refractivity contribution in [3.8, 4) is 11.4 Å². The Morgan fingerprint density at radius 2 is 1.97 bits per heavy atom. The average Bonchev–Trinajstić information content (AvgIpc) is 3.41. The zero-order valence-corrected chi connectivity index (χ0v) is 18.5. The van der Waals surface area contributed by atoms with Gasteiger partial charge in [-0.25, -0.2) is 4.98 Å². The molecule has 1 fully saturated rings. The fourth-order valence-corrected chi connectivity index (χ4v) is 4.64. The van der Waals surface area contributed by atoms with Crippen LogP contribution in [0.1, 0.15) is 47.6 Å². The number of aromatic nitrogens is 6. The molecule has 0 aliphatic heterocycles. The number of nitrogens with zero attached hydrogens (tertiary/aromatic N) is 6. The summed E-state index contributed by atoms with van der Waals surface area (Å²) in [5, 5.41) is 19.0. The molecule has 8 nitrogen and oxygen atoms in total. The maximum Gasteiger partial charge on any atom is 0.261 e. The van der Waals surface area contributed by atoms with Crippen molar-refractivity contribution in [1.29, 1.82) is 0 Å². The summed E-state index contributed by atoms with van der Waals surface area (Å²) in [5.41, 5.74) is 6.42. The van der Waals surface area contributed by atoms with E-state index in [2.05, 4.69) is 27.2 Å². The monoisotopic (exact) mass is 430 g/mol. The summed E-state index contributed by atoms with van der Waals surface area (Å²) < 4.78 is 3.27. The van der Waals surface area contributed by atoms with Crippen LogP contribution in [0, 0.1) is 13.8 Å². The van der Waals surface area contributed by atoms with Gasteiger partial charge in [-0.15, -0.1) is 5.10 Å². The zero-order chi connectivity index (χ0) is 22.4. The van der Waals surface area contributed by atoms with Crippen LogP contribution in [0.4, 0.5) is 0 Å². The third-order valence-electron chi connectivity index (χ3n) is 6.63. The quantitative estimate of drug-likeness (QED) is 0.535. The molecule has 2 unspecified atom stereocenters. The van der Waals surface area contributed by atoms with Gasteiger partial charge in [-0.05, 0) is 73.9 Å². The van der Waals surface area contributed by atoms with Crippen molar-refractivity contribution in [1.82, 2.24) is 29.5 Å². The fraction of sp³-hybridized carbons (Fsp3) is 0.375. The Balaban J connectivity index is 1.51. The van der Waals surface area contributed by atoms with Crippen LogP contribution in [-0.4, -0.2) is 40.7 Å². The van der Waals surface area contributed by atoms with Crippen LogP contribution in [0.25, 0.3) is 22.3 Å². The Hall–Kier alpha value is -3.39. The van der Waals surface area contributed by atoms with Crippen LogP contribution >= 0.6 is 0 Å². The SMILES string of the molecule is Cc1c(Cc2ccc(-c3cn(C)nn3)nc2)cc2c(=O)n(C3CCCC3O)cnc2c1C. The van der Waals surface area contributed by atoms with Crippen LogP contribution in [0.15, 0.2) is 41.7 Å². The maximum atomic E-state index is 13.3. The van der Waals surface area contributed by atoms with E-state index in [1.54, 1.807) is 15.6 Å². The molecule has 8 heteroatoms. The second-order valence-corrected chi connectivity index (χ2v) is 8.71. The van der Waals surface area contributed by atoms with E-state index < -0.39 is 6.10 Å². The van der Waals surface area contributed by atoms with Crippen LogP contribution in [-0.2, 0) is 13.5 Å². The molecular formula is C24H26N6O2. The van der Waals surface area contributed by atoms with Crippen LogP contribution < -0.4 is 5.56 Å². The highest BCUT2D eigenvalue weighted by molar-refractivity contribution is 5.83. The number of benzene rings is 1. The lowest BCUT2D eigenvalue weighted by Gasteiger charge is -2.19. The van der Waals surface area contributed by atoms with E-state index in [1.807, 2.05) is 44.6 Å². The molecule has 0 bridgehead atoms. The van der Waals surface area contributed by atoms with Crippen molar-refractivity contribution in [2.75, 3.05) is 0 Å². The van der Waals surface area contributed by atoms with Crippen LogP contribution in [0.5, 0.6) is 0 Å². The van der Waals surface area contributed by atoms with E-state index in [4.69, 9.17) is 0 Å². The van der Waals surface area contributed by atoms with Gasteiger partial charge in [0.2, 0.25) is 0 Å². The van der Waals surface area contributed by atoms with Gasteiger partial charge in [-0.1, -0.05) is 11.3 Å². The number of aliphatic hydroxyl groups is 1. The van der Waals surface area contributed by atoms with E-state index in [0.717, 1.165) is 58.4 Å². The lowest BCUT2D eigenvalue weighted by atomic mass is 9.95. The fourth-order valence-electron chi connectivity index (χ4n) is 4.64. The molecule has 1 N–H and O–H groups in total. The topological polar surface area (TPSA) is 98.7 Å². The van der Waals surface area contributed by atoms with Gasteiger partial charge in [0.05, 0.1) is 41.3 Å². The molecule has 0 radical (unpaired) electrons. The van der Waals surface area contributed by atoms with Crippen molar-refractivity contribution in [2.45, 2.75) is 51.7 Å². The summed E-state index contributed by atoms with van der Waals surface area (Å²) in [6.45, 7) is 4.08. The summed E-state index contributed by atoms with van der Waals surface area (Å²) in [6.07, 6.45) is 7.91. The highest BCUT2D eigenvalue weighted by Crippen LogP contribution is 2.30. The van der Waals surface area contributed by atoms with Gasteiger partial charge >= 0.3 is 0 Å². The summed E-state index contributed by atoms with van der Waals surface area (Å²) in [5.74, 6) is 0. The molecule has 1 saturated carbocycles. The standard InChI is InChI=1S/C24H26N6O2/c1-14-15(2)23-18(24(32)30(13-26-23)21-5-4-6-22(21)31)10-17(14)9-16-7-8-19(25-11-16)20-12-29(3)28-27-20/h7-8,10-13,21-22,31H,4-6,9H2,1-3H3. The van der Waals surface area contributed by atoms with Gasteiger partial charge in [0, 0.05) is 13.2 Å². The number of pyridine rings is 1. The van der Waals surface area contributed by atoms with Gasteiger partial charge in [0.15, 0.2) is 0 Å². The van der Waals surface area contributed by atoms with Crippen molar-refractivity contribution >= 4 is 10.9 Å². The van der Waals surface area contributed by atoms with Gasteiger partial charge in [-0.2, -0.15) is 0 Å². The van der Waals surface area contributed by atoms with Crippen LogP contribution in [0.3, 0.4) is 0 Å². The molecule has 4 aromatic rings. The van der Waals surface area contributed by atoms with E-state index >= 15 is 0 Å². The Bertz CT molecular complexity index is 1360. The summed E-state index contributed by atoms with van der Waals surface area (Å²) >= 11 is 0. The minimum absolute atomic E-state index is 0.0820. The van der Waals surface area contributed by atoms with Crippen molar-refractivity contribution in [2.24, 2.45) is 7.05 Å². The summed E-state index contributed by atoms with van der Waals surface area (Å²) in [4.78, 5) is 22.5. The first-order valence-corrected chi connectivity index (χ1v) is 10.9. The number of hydrogen-bond acceptors (Lipinski definition) is 6. The minimum Gasteiger partial charge on any atom is -0.391 e. The predicted octanol–water partition coefficient (Wildman–Crippen LogP) is 2.88. The predicted molar refractivity (Wildman–Crippen MR) is 121 cm³/mol. The number of fused-ring (bicyclic) bond motifs is 1. The first-order chi connectivity index (χ1) is 15.4. The van der Waals surface area contributed by atoms with Crippen molar-refractivity contribution in [3.63, 3.8) is 0 Å². The highest BCUT2D eigenvalue weighted by Gasteiger charge is 2.28. The van der Waals surface area contributed by atoms with Gasteiger partial charge in [-0.3, -0.25) is 19.0 Å². The molecular weight excluding hydrogens is 404 g/mol. The lowest BCUT2D eigenvalue weighted by Crippen LogP contribution is -2.29. The number of aryl methyl sites for hydroxylation is 2. The molecule has 5 rings (SSSR count). The van der Waals surface area contributed by atoms with Crippen molar-refractivity contribution in [3.05, 3.63) is 69.5 Å². The molecule has 2 atom stereocenters. The number of aliphatic hydroxyl groups excluding tert-OH is 1. The summed E-state index contributed by atoms with van der Waals surface area (Å²) in [7, 11) is 1.83. The molecule has 3 heterocycles. The van der Waals surface area contributed by atoms with E-state index in [0.29, 0.717) is 11.8 Å². The second-order valence-electron chi connectivity index (χ2n) is 8.71. The summed E-state index contributed by atoms with van der Waals surface area (Å²) in [6, 6.07) is 5.74. The van der Waals surface area contributed by atoms with Crippen LogP contribution in [0.2, 0.25) is 0 Å².